The molecule has 1 aromatic carbocycles. The Balaban J connectivity index is 1.21. The minimum atomic E-state index is -0.0792. The third kappa shape index (κ3) is 4.40. The van der Waals surface area contributed by atoms with Crippen molar-refractivity contribution in [3.8, 4) is 0 Å². The number of fused-ring (bicyclic) bond motifs is 2. The van der Waals surface area contributed by atoms with Gasteiger partial charge in [-0.15, -0.1) is 0 Å². The number of morpholine rings is 1. The number of rotatable bonds is 6. The molecule has 7 heteroatoms. The van der Waals surface area contributed by atoms with E-state index in [1.165, 1.54) is 5.56 Å². The van der Waals surface area contributed by atoms with Crippen LogP contribution in [-0.4, -0.2) is 63.2 Å². The summed E-state index contributed by atoms with van der Waals surface area (Å²) < 4.78 is 8.06. The van der Waals surface area contributed by atoms with Crippen molar-refractivity contribution in [3.05, 3.63) is 60.0 Å². The van der Waals surface area contributed by atoms with E-state index in [1.54, 1.807) is 6.20 Å². The number of hydrogen-bond donors (Lipinski definition) is 1. The number of nitrogens with zero attached hydrogens (tertiary/aromatic N) is 4. The Kier molecular flexibility index (Phi) is 5.93. The molecule has 0 saturated carbocycles. The second-order valence-electron chi connectivity index (χ2n) is 9.37. The molecule has 3 aromatic rings. The van der Waals surface area contributed by atoms with Crippen molar-refractivity contribution in [1.82, 2.24) is 24.8 Å². The second kappa shape index (κ2) is 9.00. The van der Waals surface area contributed by atoms with Crippen molar-refractivity contribution in [2.24, 2.45) is 5.92 Å². The maximum Gasteiger partial charge on any atom is 0.253 e. The van der Waals surface area contributed by atoms with Crippen molar-refractivity contribution < 1.29 is 9.53 Å². The lowest BCUT2D eigenvalue weighted by molar-refractivity contribution is -0.0683. The van der Waals surface area contributed by atoms with E-state index in [0.29, 0.717) is 17.5 Å². The average molecular weight is 434 g/mol. The first-order valence-electron chi connectivity index (χ1n) is 11.6. The van der Waals surface area contributed by atoms with Crippen molar-refractivity contribution in [2.75, 3.05) is 19.7 Å². The molecule has 0 unspecified atom stereocenters. The first kappa shape index (κ1) is 21.1. The highest BCUT2D eigenvalue weighted by Gasteiger charge is 2.38. The highest BCUT2D eigenvalue weighted by Crippen LogP contribution is 2.26. The van der Waals surface area contributed by atoms with Crippen LogP contribution in [0.1, 0.15) is 36.2 Å². The number of ether oxygens (including phenoxy) is 1. The summed E-state index contributed by atoms with van der Waals surface area (Å²) >= 11 is 0. The van der Waals surface area contributed by atoms with Gasteiger partial charge in [0.15, 0.2) is 5.65 Å². The van der Waals surface area contributed by atoms with Gasteiger partial charge in [-0.25, -0.2) is 9.97 Å². The Labute approximate surface area is 188 Å². The summed E-state index contributed by atoms with van der Waals surface area (Å²) in [5, 5.41) is 3.20. The van der Waals surface area contributed by atoms with Gasteiger partial charge in [0.2, 0.25) is 0 Å². The third-order valence-electron chi connectivity index (χ3n) is 6.73. The molecule has 2 fully saturated rings. The average Bonchev–Trinajstić information content (AvgIpc) is 3.40. The van der Waals surface area contributed by atoms with Crippen LogP contribution in [0.15, 0.2) is 48.9 Å². The number of hydrogen-bond acceptors (Lipinski definition) is 5. The minimum absolute atomic E-state index is 0.0792. The predicted octanol–water partition coefficient (Wildman–Crippen LogP) is 2.90. The van der Waals surface area contributed by atoms with Gasteiger partial charge < -0.3 is 14.6 Å². The van der Waals surface area contributed by atoms with Crippen LogP contribution in [0.5, 0.6) is 0 Å². The zero-order valence-electron chi connectivity index (χ0n) is 18.8. The maximum absolute atomic E-state index is 12.9. The van der Waals surface area contributed by atoms with Crippen molar-refractivity contribution in [3.63, 3.8) is 0 Å². The van der Waals surface area contributed by atoms with Gasteiger partial charge in [0.1, 0.15) is 5.52 Å². The number of carbonyl (C=O) groups is 1. The van der Waals surface area contributed by atoms with Crippen LogP contribution >= 0.6 is 0 Å². The normalized spacial score (nSPS) is 23.5. The number of carbonyl (C=O) groups excluding carboxylic acids is 1. The topological polar surface area (TPSA) is 72.3 Å². The highest BCUT2D eigenvalue weighted by atomic mass is 16.5. The fraction of sp³-hybridized carbons (Fsp3) is 0.480. The minimum Gasteiger partial charge on any atom is -0.375 e. The zero-order chi connectivity index (χ0) is 22.1. The van der Waals surface area contributed by atoms with E-state index in [4.69, 9.17) is 4.74 Å². The van der Waals surface area contributed by atoms with Gasteiger partial charge in [-0.3, -0.25) is 9.69 Å². The zero-order valence-corrected chi connectivity index (χ0v) is 18.8. The smallest absolute Gasteiger partial charge is 0.253 e. The van der Waals surface area contributed by atoms with E-state index in [-0.39, 0.29) is 18.1 Å². The summed E-state index contributed by atoms with van der Waals surface area (Å²) in [6.07, 6.45) is 5.60. The Morgan fingerprint density at radius 3 is 2.88 bits per heavy atom. The first-order valence-corrected chi connectivity index (χ1v) is 11.6. The number of imidazole rings is 1. The Morgan fingerprint density at radius 1 is 1.22 bits per heavy atom. The molecule has 7 nitrogen and oxygen atoms in total. The molecule has 1 N–H and O–H groups in total. The van der Waals surface area contributed by atoms with Gasteiger partial charge in [-0.05, 0) is 30.4 Å². The summed E-state index contributed by atoms with van der Waals surface area (Å²) in [6.45, 7) is 7.79. The molecular weight excluding hydrogens is 402 g/mol. The van der Waals surface area contributed by atoms with Crippen LogP contribution in [0, 0.1) is 5.92 Å². The molecule has 32 heavy (non-hydrogen) atoms. The van der Waals surface area contributed by atoms with E-state index >= 15 is 0 Å². The lowest BCUT2D eigenvalue weighted by atomic mass is 10.0. The molecule has 2 saturated heterocycles. The van der Waals surface area contributed by atoms with Crippen molar-refractivity contribution in [1.29, 1.82) is 0 Å². The Morgan fingerprint density at radius 2 is 2.06 bits per heavy atom. The Bertz CT molecular complexity index is 1080. The van der Waals surface area contributed by atoms with Crippen LogP contribution in [0.4, 0.5) is 0 Å². The molecule has 3 atom stereocenters. The fourth-order valence-electron chi connectivity index (χ4n) is 4.81. The molecule has 2 aromatic heterocycles. The number of pyridine rings is 1. The number of aromatic nitrogens is 3. The second-order valence-corrected chi connectivity index (χ2v) is 9.37. The lowest BCUT2D eigenvalue weighted by Crippen LogP contribution is -2.48. The van der Waals surface area contributed by atoms with Gasteiger partial charge in [0, 0.05) is 37.9 Å². The van der Waals surface area contributed by atoms with E-state index in [9.17, 15) is 4.79 Å². The standard InChI is InChI=1S/C25H31N5O2/c1-17(2)23-14-30-13-20(11-21(30)15-32-23)28-25(31)19-10-22-24(26-12-19)29(16-27-22)9-8-18-6-4-3-5-7-18/h3-7,10,12,16-17,20-21,23H,8-9,11,13-15H2,1-2H3,(H,28,31)/t20-,21+,23-/m1/s1. The number of benzene rings is 1. The van der Waals surface area contributed by atoms with E-state index in [0.717, 1.165) is 50.2 Å². The molecular formula is C25H31N5O2. The monoisotopic (exact) mass is 433 g/mol. The SMILES string of the molecule is CC(C)[C@H]1CN2C[C@H](NC(=O)c3cnc4c(c3)ncn4CCc3ccccc3)C[C@H]2CO1. The highest BCUT2D eigenvalue weighted by molar-refractivity contribution is 5.96. The van der Waals surface area contributed by atoms with Gasteiger partial charge in [0.05, 0.1) is 24.6 Å². The van der Waals surface area contributed by atoms with Gasteiger partial charge in [-0.2, -0.15) is 0 Å². The number of aryl methyl sites for hydroxylation is 2. The molecule has 0 spiro atoms. The summed E-state index contributed by atoms with van der Waals surface area (Å²) in [5.74, 6) is 0.430. The number of amides is 1. The van der Waals surface area contributed by atoms with Gasteiger partial charge >= 0.3 is 0 Å². The summed E-state index contributed by atoms with van der Waals surface area (Å²) in [6, 6.07) is 12.8. The van der Waals surface area contributed by atoms with Crippen molar-refractivity contribution >= 4 is 17.1 Å². The van der Waals surface area contributed by atoms with Gasteiger partial charge in [-0.1, -0.05) is 44.2 Å². The molecule has 0 aliphatic carbocycles. The van der Waals surface area contributed by atoms with Crippen LogP contribution < -0.4 is 5.32 Å². The summed E-state index contributed by atoms with van der Waals surface area (Å²) in [7, 11) is 0. The lowest BCUT2D eigenvalue weighted by Gasteiger charge is -2.36. The van der Waals surface area contributed by atoms with Crippen LogP contribution in [0.25, 0.3) is 11.2 Å². The molecule has 0 radical (unpaired) electrons. The maximum atomic E-state index is 12.9. The van der Waals surface area contributed by atoms with Crippen LogP contribution in [0.3, 0.4) is 0 Å². The predicted molar refractivity (Wildman–Crippen MR) is 123 cm³/mol. The van der Waals surface area contributed by atoms with Crippen LogP contribution in [0.2, 0.25) is 0 Å². The van der Waals surface area contributed by atoms with Gasteiger partial charge in [0.25, 0.3) is 5.91 Å². The molecule has 4 heterocycles. The molecule has 5 rings (SSSR count). The van der Waals surface area contributed by atoms with E-state index < -0.39 is 0 Å². The molecule has 2 aliphatic rings. The largest absolute Gasteiger partial charge is 0.375 e. The molecule has 2 aliphatic heterocycles. The van der Waals surface area contributed by atoms with E-state index in [1.807, 2.05) is 23.0 Å². The molecule has 168 valence electrons. The van der Waals surface area contributed by atoms with Crippen molar-refractivity contribution in [2.45, 2.75) is 51.4 Å². The quantitative estimate of drug-likeness (QED) is 0.647. The van der Waals surface area contributed by atoms with Crippen LogP contribution in [-0.2, 0) is 17.7 Å². The summed E-state index contributed by atoms with van der Waals surface area (Å²) in [5.41, 5.74) is 3.41. The first-order chi connectivity index (χ1) is 15.6. The Hall–Kier alpha value is -2.77. The fourth-order valence-corrected chi connectivity index (χ4v) is 4.81. The molecule has 0 bridgehead atoms. The third-order valence-corrected chi connectivity index (χ3v) is 6.73. The number of nitrogens with one attached hydrogen (secondary N) is 1. The van der Waals surface area contributed by atoms with E-state index in [2.05, 4.69) is 58.3 Å². The summed E-state index contributed by atoms with van der Waals surface area (Å²) in [4.78, 5) is 24.4. The molecule has 1 amide bonds.